The number of rotatable bonds is 10. The summed E-state index contributed by atoms with van der Waals surface area (Å²) in [6.07, 6.45) is 1.09. The van der Waals surface area contributed by atoms with E-state index in [1.807, 2.05) is 13.8 Å². The zero-order valence-corrected chi connectivity index (χ0v) is 14.1. The minimum Gasteiger partial charge on any atom is -0.394 e. The minimum atomic E-state index is -1.98. The Hall–Kier alpha value is -0.193. The molecule has 0 aromatic rings. The molecule has 0 aromatic heterocycles. The summed E-state index contributed by atoms with van der Waals surface area (Å²) < 4.78 is 11.9. The summed E-state index contributed by atoms with van der Waals surface area (Å²) in [5.41, 5.74) is 1.25. The molecule has 0 saturated carbocycles. The Labute approximate surface area is 114 Å². The van der Waals surface area contributed by atoms with Crippen LogP contribution in [0.3, 0.4) is 0 Å². The van der Waals surface area contributed by atoms with Crippen LogP contribution in [-0.4, -0.2) is 34.0 Å². The van der Waals surface area contributed by atoms with Crippen LogP contribution in [0.2, 0.25) is 12.1 Å². The first-order chi connectivity index (χ1) is 8.49. The Morgan fingerprint density at radius 1 is 1.11 bits per heavy atom. The van der Waals surface area contributed by atoms with Gasteiger partial charge in [0.25, 0.3) is 0 Å². The molecule has 18 heavy (non-hydrogen) atoms. The summed E-state index contributed by atoms with van der Waals surface area (Å²) in [6.45, 7) is 15.2. The van der Waals surface area contributed by atoms with Gasteiger partial charge in [0.15, 0.2) is 0 Å². The zero-order chi connectivity index (χ0) is 14.0. The predicted octanol–water partition coefficient (Wildman–Crippen LogP) is 4.03. The highest BCUT2D eigenvalue weighted by Gasteiger charge is 2.34. The average molecular weight is 273 g/mol. The SMILES string of the molecule is CCO[Si](CC)(CCN=C(C)CC(C)C)OCC. The first kappa shape index (κ1) is 17.8. The second-order valence-electron chi connectivity index (χ2n) is 5.10. The molecule has 0 heterocycles. The number of aliphatic imine (C=N–C) groups is 1. The maximum absolute atomic E-state index is 5.93. The molecule has 0 atom stereocenters. The molecule has 0 fully saturated rings. The molecule has 0 aliphatic heterocycles. The first-order valence-electron chi connectivity index (χ1n) is 7.27. The summed E-state index contributed by atoms with van der Waals surface area (Å²) in [5, 5.41) is 0. The Kier molecular flexibility index (Phi) is 9.60. The van der Waals surface area contributed by atoms with Gasteiger partial charge in [0, 0.05) is 31.5 Å². The first-order valence-corrected chi connectivity index (χ1v) is 9.50. The smallest absolute Gasteiger partial charge is 0.339 e. The number of nitrogens with zero attached hydrogens (tertiary/aromatic N) is 1. The van der Waals surface area contributed by atoms with Crippen molar-refractivity contribution in [3.8, 4) is 0 Å². The summed E-state index contributed by atoms with van der Waals surface area (Å²) in [4.78, 5) is 4.65. The summed E-state index contributed by atoms with van der Waals surface area (Å²) in [7, 11) is -1.98. The van der Waals surface area contributed by atoms with Crippen LogP contribution in [0, 0.1) is 5.92 Å². The van der Waals surface area contributed by atoms with E-state index in [0.29, 0.717) is 5.92 Å². The van der Waals surface area contributed by atoms with Crippen LogP contribution >= 0.6 is 0 Å². The van der Waals surface area contributed by atoms with Gasteiger partial charge in [-0.05, 0) is 39.2 Å². The fourth-order valence-electron chi connectivity index (χ4n) is 2.17. The largest absolute Gasteiger partial charge is 0.394 e. The van der Waals surface area contributed by atoms with Crippen LogP contribution in [0.25, 0.3) is 0 Å². The second kappa shape index (κ2) is 9.70. The quantitative estimate of drug-likeness (QED) is 0.444. The van der Waals surface area contributed by atoms with E-state index >= 15 is 0 Å². The molecule has 0 aromatic carbocycles. The Morgan fingerprint density at radius 3 is 2.06 bits per heavy atom. The van der Waals surface area contributed by atoms with E-state index in [9.17, 15) is 0 Å². The van der Waals surface area contributed by atoms with Crippen LogP contribution in [0.5, 0.6) is 0 Å². The standard InChI is InChI=1S/C14H31NO2Si/c1-7-16-18(9-3,17-8-2)11-10-15-14(6)12-13(4)5/h13H,7-12H2,1-6H3. The molecule has 3 nitrogen and oxygen atoms in total. The summed E-state index contributed by atoms with van der Waals surface area (Å²) >= 11 is 0. The van der Waals surface area contributed by atoms with Gasteiger partial charge in [-0.15, -0.1) is 0 Å². The van der Waals surface area contributed by atoms with Gasteiger partial charge in [0.1, 0.15) is 0 Å². The lowest BCUT2D eigenvalue weighted by Gasteiger charge is -2.28. The summed E-state index contributed by atoms with van der Waals surface area (Å²) in [6, 6.07) is 1.98. The lowest BCUT2D eigenvalue weighted by molar-refractivity contribution is 0.184. The van der Waals surface area contributed by atoms with E-state index in [1.165, 1.54) is 5.71 Å². The van der Waals surface area contributed by atoms with Gasteiger partial charge in [-0.3, -0.25) is 4.99 Å². The maximum atomic E-state index is 5.93. The van der Waals surface area contributed by atoms with E-state index in [2.05, 4.69) is 32.7 Å². The van der Waals surface area contributed by atoms with E-state index < -0.39 is 8.56 Å². The van der Waals surface area contributed by atoms with Gasteiger partial charge in [-0.2, -0.15) is 0 Å². The highest BCUT2D eigenvalue weighted by atomic mass is 28.4. The number of hydrogen-bond acceptors (Lipinski definition) is 3. The van der Waals surface area contributed by atoms with Crippen molar-refractivity contribution in [2.45, 2.75) is 60.1 Å². The van der Waals surface area contributed by atoms with Crippen molar-refractivity contribution in [3.63, 3.8) is 0 Å². The Morgan fingerprint density at radius 2 is 1.67 bits per heavy atom. The third-order valence-electron chi connectivity index (χ3n) is 2.93. The van der Waals surface area contributed by atoms with Crippen LogP contribution in [0.4, 0.5) is 0 Å². The third-order valence-corrected chi connectivity index (χ3v) is 6.62. The molecule has 0 unspecified atom stereocenters. The van der Waals surface area contributed by atoms with Gasteiger partial charge < -0.3 is 8.85 Å². The van der Waals surface area contributed by atoms with Crippen molar-refractivity contribution in [2.24, 2.45) is 10.9 Å². The van der Waals surface area contributed by atoms with Gasteiger partial charge in [0.05, 0.1) is 0 Å². The number of hydrogen-bond donors (Lipinski definition) is 0. The Balaban J connectivity index is 4.33. The van der Waals surface area contributed by atoms with E-state index in [4.69, 9.17) is 8.85 Å². The van der Waals surface area contributed by atoms with Gasteiger partial charge in [0.2, 0.25) is 0 Å². The van der Waals surface area contributed by atoms with Crippen LogP contribution in [-0.2, 0) is 8.85 Å². The highest BCUT2D eigenvalue weighted by Crippen LogP contribution is 2.19. The van der Waals surface area contributed by atoms with Crippen molar-refractivity contribution in [2.75, 3.05) is 19.8 Å². The van der Waals surface area contributed by atoms with Crippen LogP contribution in [0.15, 0.2) is 4.99 Å². The minimum absolute atomic E-state index is 0.681. The van der Waals surface area contributed by atoms with E-state index in [0.717, 1.165) is 38.3 Å². The zero-order valence-electron chi connectivity index (χ0n) is 13.1. The fraction of sp³-hybridized carbons (Fsp3) is 0.929. The van der Waals surface area contributed by atoms with Crippen molar-refractivity contribution in [1.82, 2.24) is 0 Å². The molecule has 0 N–H and O–H groups in total. The van der Waals surface area contributed by atoms with Gasteiger partial charge >= 0.3 is 8.56 Å². The van der Waals surface area contributed by atoms with Gasteiger partial charge in [-0.25, -0.2) is 0 Å². The van der Waals surface area contributed by atoms with Crippen molar-refractivity contribution in [1.29, 1.82) is 0 Å². The predicted molar refractivity (Wildman–Crippen MR) is 81.7 cm³/mol. The van der Waals surface area contributed by atoms with Crippen molar-refractivity contribution >= 4 is 14.3 Å². The monoisotopic (exact) mass is 273 g/mol. The molecule has 4 heteroatoms. The summed E-state index contributed by atoms with van der Waals surface area (Å²) in [5.74, 6) is 0.681. The molecule has 0 amide bonds. The molecule has 0 aliphatic carbocycles. The molecule has 0 aliphatic rings. The maximum Gasteiger partial charge on any atom is 0.339 e. The molecular weight excluding hydrogens is 242 g/mol. The van der Waals surface area contributed by atoms with Crippen LogP contribution < -0.4 is 0 Å². The van der Waals surface area contributed by atoms with Crippen molar-refractivity contribution < 1.29 is 8.85 Å². The molecule has 0 radical (unpaired) electrons. The lowest BCUT2D eigenvalue weighted by atomic mass is 10.1. The Bertz CT molecular complexity index is 236. The normalized spacial score (nSPS) is 13.4. The molecule has 0 spiro atoms. The topological polar surface area (TPSA) is 30.8 Å². The van der Waals surface area contributed by atoms with Gasteiger partial charge in [-0.1, -0.05) is 20.8 Å². The second-order valence-corrected chi connectivity index (χ2v) is 8.70. The van der Waals surface area contributed by atoms with E-state index in [-0.39, 0.29) is 0 Å². The molecular formula is C14H31NO2Si. The lowest BCUT2D eigenvalue weighted by Crippen LogP contribution is -2.42. The molecule has 108 valence electrons. The fourth-order valence-corrected chi connectivity index (χ4v) is 4.80. The highest BCUT2D eigenvalue weighted by molar-refractivity contribution is 6.67. The van der Waals surface area contributed by atoms with Crippen molar-refractivity contribution in [3.05, 3.63) is 0 Å². The molecule has 0 bridgehead atoms. The van der Waals surface area contributed by atoms with Crippen LogP contribution in [0.1, 0.15) is 48.0 Å². The van der Waals surface area contributed by atoms with E-state index in [1.54, 1.807) is 0 Å². The average Bonchev–Trinajstić information content (AvgIpc) is 2.28. The third kappa shape index (κ3) is 7.29. The molecule has 0 saturated heterocycles. The molecule has 0 rings (SSSR count).